The van der Waals surface area contributed by atoms with Crippen LogP contribution in [0.1, 0.15) is 0 Å². The van der Waals surface area contributed by atoms with E-state index in [0.29, 0.717) is 11.8 Å². The summed E-state index contributed by atoms with van der Waals surface area (Å²) in [6.07, 6.45) is 3.64. The van der Waals surface area contributed by atoms with E-state index in [1.54, 1.807) is 0 Å². The van der Waals surface area contributed by atoms with E-state index in [0.717, 1.165) is 89.3 Å². The van der Waals surface area contributed by atoms with Crippen molar-refractivity contribution in [3.8, 4) is 22.9 Å². The Hall–Kier alpha value is -8.10. The topological polar surface area (TPSA) is 84.3 Å². The van der Waals surface area contributed by atoms with E-state index in [4.69, 9.17) is 28.8 Å². The molecule has 0 atom stereocenters. The second-order valence-corrected chi connectivity index (χ2v) is 14.0. The van der Waals surface area contributed by atoms with Gasteiger partial charge >= 0.3 is 0 Å². The van der Waals surface area contributed by atoms with Crippen molar-refractivity contribution < 1.29 is 8.83 Å². The molecule has 0 spiro atoms. The highest BCUT2D eigenvalue weighted by Gasteiger charge is 2.18. The summed E-state index contributed by atoms with van der Waals surface area (Å²) in [7, 11) is 0. The molecule has 8 nitrogen and oxygen atoms in total. The SMILES string of the molecule is c1ccc(N(c2ccc(-c3nc4ccccc4o3)cc2)c2ccc3c(ccc4cc(N(c5ccc(-c6nc7ccccc7o6)cc5)c5ccccn5)ccc43)c2)nc1. The molecular formula is C50H32N6O2. The zero-order valence-electron chi connectivity index (χ0n) is 31.0. The molecule has 0 aliphatic carbocycles. The summed E-state index contributed by atoms with van der Waals surface area (Å²) in [4.78, 5) is 23.2. The Bertz CT molecular complexity index is 2950. The zero-order chi connectivity index (χ0) is 38.4. The van der Waals surface area contributed by atoms with Crippen LogP contribution in [-0.2, 0) is 0 Å². The van der Waals surface area contributed by atoms with E-state index in [1.165, 1.54) is 0 Å². The van der Waals surface area contributed by atoms with Gasteiger partial charge in [0.15, 0.2) is 11.2 Å². The first kappa shape index (κ1) is 33.3. The summed E-state index contributed by atoms with van der Waals surface area (Å²) in [5.74, 6) is 2.82. The van der Waals surface area contributed by atoms with Gasteiger partial charge in [0.1, 0.15) is 22.7 Å². The number of hydrogen-bond donors (Lipinski definition) is 0. The van der Waals surface area contributed by atoms with Crippen LogP contribution in [0.25, 0.3) is 66.7 Å². The molecule has 0 aliphatic rings. The van der Waals surface area contributed by atoms with Gasteiger partial charge < -0.3 is 8.83 Å². The van der Waals surface area contributed by atoms with E-state index in [-0.39, 0.29) is 0 Å². The number of hydrogen-bond acceptors (Lipinski definition) is 8. The standard InChI is InChI=1S/C50H32N6O2/c1-3-11-45-43(9-1)53-49(57-45)33-17-21-37(22-18-33)55(47-13-5-7-29-51-47)39-25-27-41-35(31-39)15-16-36-32-40(26-28-42(36)41)56(48-14-6-8-30-52-48)38-23-19-34(20-24-38)50-54-44-10-2-4-12-46(44)58-50/h1-32H. The maximum absolute atomic E-state index is 6.05. The molecule has 0 bridgehead atoms. The van der Waals surface area contributed by atoms with E-state index in [1.807, 2.05) is 122 Å². The predicted molar refractivity (Wildman–Crippen MR) is 232 cm³/mol. The third-order valence-electron chi connectivity index (χ3n) is 10.4. The second-order valence-electron chi connectivity index (χ2n) is 14.0. The fourth-order valence-electron chi connectivity index (χ4n) is 7.62. The number of nitrogens with zero attached hydrogens (tertiary/aromatic N) is 6. The summed E-state index contributed by atoms with van der Waals surface area (Å²) < 4.78 is 12.1. The number of oxazole rings is 2. The molecule has 4 aromatic heterocycles. The van der Waals surface area contributed by atoms with Crippen LogP contribution in [-0.4, -0.2) is 19.9 Å². The molecule has 0 amide bonds. The highest BCUT2D eigenvalue weighted by Crippen LogP contribution is 2.40. The van der Waals surface area contributed by atoms with Crippen molar-refractivity contribution in [2.45, 2.75) is 0 Å². The summed E-state index contributed by atoms with van der Waals surface area (Å²) in [5, 5.41) is 4.57. The number of para-hydroxylation sites is 4. The van der Waals surface area contributed by atoms with Crippen LogP contribution < -0.4 is 9.80 Å². The Balaban J connectivity index is 0.941. The molecule has 0 aliphatic heterocycles. The van der Waals surface area contributed by atoms with Crippen LogP contribution in [0.5, 0.6) is 0 Å². The van der Waals surface area contributed by atoms with E-state index in [2.05, 4.69) is 82.6 Å². The number of anilines is 6. The van der Waals surface area contributed by atoms with Crippen molar-refractivity contribution in [3.63, 3.8) is 0 Å². The molecule has 11 rings (SSSR count). The zero-order valence-corrected chi connectivity index (χ0v) is 31.0. The van der Waals surface area contributed by atoms with E-state index in [9.17, 15) is 0 Å². The predicted octanol–water partition coefficient (Wildman–Crippen LogP) is 13.3. The fourth-order valence-corrected chi connectivity index (χ4v) is 7.62. The first-order chi connectivity index (χ1) is 28.7. The van der Waals surface area contributed by atoms with Gasteiger partial charge in [-0.3, -0.25) is 9.80 Å². The van der Waals surface area contributed by atoms with Gasteiger partial charge in [-0.25, -0.2) is 19.9 Å². The Morgan fingerprint density at radius 3 is 1.19 bits per heavy atom. The van der Waals surface area contributed by atoms with Crippen molar-refractivity contribution in [3.05, 3.63) is 194 Å². The van der Waals surface area contributed by atoms with Gasteiger partial charge in [0.05, 0.1) is 0 Å². The first-order valence-electron chi connectivity index (χ1n) is 19.0. The molecule has 0 saturated heterocycles. The van der Waals surface area contributed by atoms with Crippen LogP contribution in [0.3, 0.4) is 0 Å². The number of aromatic nitrogens is 4. The molecular weight excluding hydrogens is 717 g/mol. The maximum Gasteiger partial charge on any atom is 0.227 e. The Kier molecular flexibility index (Phi) is 7.96. The number of benzene rings is 7. The molecule has 58 heavy (non-hydrogen) atoms. The van der Waals surface area contributed by atoms with Crippen LogP contribution in [0.2, 0.25) is 0 Å². The highest BCUT2D eigenvalue weighted by atomic mass is 16.4. The Morgan fingerprint density at radius 1 is 0.362 bits per heavy atom. The Morgan fingerprint density at radius 2 is 0.776 bits per heavy atom. The van der Waals surface area contributed by atoms with Crippen LogP contribution in [0, 0.1) is 0 Å². The van der Waals surface area contributed by atoms with Crippen molar-refractivity contribution in [2.24, 2.45) is 0 Å². The molecule has 0 radical (unpaired) electrons. The van der Waals surface area contributed by atoms with Gasteiger partial charge in [-0.15, -0.1) is 0 Å². The summed E-state index contributed by atoms with van der Waals surface area (Å²) in [5.41, 5.74) is 8.97. The number of pyridine rings is 2. The van der Waals surface area contributed by atoms with Crippen molar-refractivity contribution >= 4 is 78.1 Å². The molecule has 8 heteroatoms. The van der Waals surface area contributed by atoms with Crippen molar-refractivity contribution in [1.29, 1.82) is 0 Å². The quantitative estimate of drug-likeness (QED) is 0.142. The van der Waals surface area contributed by atoms with Gasteiger partial charge in [-0.2, -0.15) is 0 Å². The average molecular weight is 749 g/mol. The van der Waals surface area contributed by atoms with Gasteiger partial charge in [-0.1, -0.05) is 60.7 Å². The second kappa shape index (κ2) is 13.9. The Labute approximate surface area is 332 Å². The normalized spacial score (nSPS) is 11.4. The number of rotatable bonds is 8. The summed E-state index contributed by atoms with van der Waals surface area (Å²) >= 11 is 0. The molecule has 0 fully saturated rings. The number of fused-ring (bicyclic) bond motifs is 5. The first-order valence-corrected chi connectivity index (χ1v) is 19.0. The molecule has 11 aromatic rings. The van der Waals surface area contributed by atoms with Crippen LogP contribution >= 0.6 is 0 Å². The van der Waals surface area contributed by atoms with Crippen molar-refractivity contribution in [2.75, 3.05) is 9.80 Å². The lowest BCUT2D eigenvalue weighted by atomic mass is 10.00. The van der Waals surface area contributed by atoms with E-state index >= 15 is 0 Å². The lowest BCUT2D eigenvalue weighted by Gasteiger charge is -2.25. The monoisotopic (exact) mass is 748 g/mol. The highest BCUT2D eigenvalue weighted by molar-refractivity contribution is 6.09. The molecule has 0 saturated carbocycles. The summed E-state index contributed by atoms with van der Waals surface area (Å²) in [6.45, 7) is 0. The lowest BCUT2D eigenvalue weighted by Crippen LogP contribution is -2.11. The largest absolute Gasteiger partial charge is 0.436 e. The van der Waals surface area contributed by atoms with Gasteiger partial charge in [0, 0.05) is 46.3 Å². The third-order valence-corrected chi connectivity index (χ3v) is 10.4. The summed E-state index contributed by atoms with van der Waals surface area (Å²) in [6, 6.07) is 61.7. The van der Waals surface area contributed by atoms with Crippen LogP contribution in [0.15, 0.2) is 203 Å². The minimum atomic E-state index is 0.593. The van der Waals surface area contributed by atoms with Crippen LogP contribution in [0.4, 0.5) is 34.4 Å². The molecule has 4 heterocycles. The van der Waals surface area contributed by atoms with E-state index < -0.39 is 0 Å². The van der Waals surface area contributed by atoms with Crippen molar-refractivity contribution in [1.82, 2.24) is 19.9 Å². The minimum Gasteiger partial charge on any atom is -0.436 e. The molecule has 0 unspecified atom stereocenters. The van der Waals surface area contributed by atoms with Gasteiger partial charge in [0.2, 0.25) is 11.8 Å². The lowest BCUT2D eigenvalue weighted by molar-refractivity contribution is 0.619. The van der Waals surface area contributed by atoms with Gasteiger partial charge in [-0.05, 0) is 143 Å². The average Bonchev–Trinajstić information content (AvgIpc) is 3.93. The molecule has 0 N–H and O–H groups in total. The minimum absolute atomic E-state index is 0.593. The fraction of sp³-hybridized carbons (Fsp3) is 0. The maximum atomic E-state index is 6.05. The molecule has 7 aromatic carbocycles. The van der Waals surface area contributed by atoms with Gasteiger partial charge in [0.25, 0.3) is 0 Å². The molecule has 274 valence electrons. The third kappa shape index (κ3) is 5.97. The smallest absolute Gasteiger partial charge is 0.227 e.